The van der Waals surface area contributed by atoms with Crippen molar-refractivity contribution in [2.24, 2.45) is 0 Å². The molecule has 0 spiro atoms. The molecule has 154 valence electrons. The summed E-state index contributed by atoms with van der Waals surface area (Å²) in [4.78, 5) is 27.1. The number of carbonyl (C=O) groups excluding carboxylic acids is 2. The largest absolute Gasteiger partial charge is 0.497 e. The minimum Gasteiger partial charge on any atom is -0.497 e. The molecule has 1 aliphatic rings. The van der Waals surface area contributed by atoms with Crippen LogP contribution in [-0.2, 0) is 16.8 Å². The predicted molar refractivity (Wildman–Crippen MR) is 114 cm³/mol. The fourth-order valence-electron chi connectivity index (χ4n) is 3.22. The average Bonchev–Trinajstić information content (AvgIpc) is 3.55. The molecule has 0 heterocycles. The molecule has 29 heavy (non-hydrogen) atoms. The minimum absolute atomic E-state index is 0.00646. The third-order valence-electron chi connectivity index (χ3n) is 5.23. The number of nitrogens with zero attached hydrogens (tertiary/aromatic N) is 1. The zero-order valence-electron chi connectivity index (χ0n) is 17.7. The highest BCUT2D eigenvalue weighted by Gasteiger charge is 2.32. The smallest absolute Gasteiger partial charge is 0.251 e. The highest BCUT2D eigenvalue weighted by molar-refractivity contribution is 5.96. The number of carbonyl (C=O) groups is 2. The highest BCUT2D eigenvalue weighted by atomic mass is 16.5. The van der Waals surface area contributed by atoms with Gasteiger partial charge in [0.2, 0.25) is 5.91 Å². The van der Waals surface area contributed by atoms with Crippen molar-refractivity contribution >= 4 is 11.8 Å². The fraction of sp³-hybridized carbons (Fsp3) is 0.417. The van der Waals surface area contributed by atoms with Crippen molar-refractivity contribution in [1.82, 2.24) is 10.2 Å². The van der Waals surface area contributed by atoms with Gasteiger partial charge in [-0.05, 0) is 53.6 Å². The van der Waals surface area contributed by atoms with Gasteiger partial charge in [0, 0.05) is 18.2 Å². The molecule has 1 fully saturated rings. The molecular formula is C24H30N2O3. The Morgan fingerprint density at radius 3 is 2.17 bits per heavy atom. The van der Waals surface area contributed by atoms with E-state index in [1.807, 2.05) is 53.4 Å². The van der Waals surface area contributed by atoms with Crippen LogP contribution >= 0.6 is 0 Å². The van der Waals surface area contributed by atoms with Crippen LogP contribution in [-0.4, -0.2) is 36.4 Å². The first-order chi connectivity index (χ1) is 13.8. The molecule has 2 aromatic carbocycles. The molecule has 0 unspecified atom stereocenters. The summed E-state index contributed by atoms with van der Waals surface area (Å²) in [5.41, 5.74) is 2.83. The number of hydrogen-bond donors (Lipinski definition) is 1. The summed E-state index contributed by atoms with van der Waals surface area (Å²) in [5, 5.41) is 2.77. The highest BCUT2D eigenvalue weighted by Crippen LogP contribution is 2.28. The van der Waals surface area contributed by atoms with Crippen LogP contribution < -0.4 is 10.1 Å². The Balaban J connectivity index is 1.57. The standard InChI is InChI=1S/C24H30N2O3/c1-24(2,3)19-9-7-18(8-10-19)23(28)25-15-22(27)26(20-11-12-20)16-17-5-13-21(29-4)14-6-17/h5-10,13-14,20H,11-12,15-16H2,1-4H3,(H,25,28). The summed E-state index contributed by atoms with van der Waals surface area (Å²) in [6.45, 7) is 6.96. The van der Waals surface area contributed by atoms with Gasteiger partial charge in [0.1, 0.15) is 5.75 Å². The van der Waals surface area contributed by atoms with Crippen LogP contribution in [0.5, 0.6) is 5.75 Å². The first-order valence-corrected chi connectivity index (χ1v) is 10.1. The van der Waals surface area contributed by atoms with Gasteiger partial charge in [-0.3, -0.25) is 9.59 Å². The van der Waals surface area contributed by atoms with E-state index in [-0.39, 0.29) is 29.8 Å². The molecule has 0 aliphatic heterocycles. The van der Waals surface area contributed by atoms with Crippen LogP contribution in [0.1, 0.15) is 55.1 Å². The second kappa shape index (κ2) is 8.68. The molecule has 0 radical (unpaired) electrons. The van der Waals surface area contributed by atoms with Crippen LogP contribution in [0, 0.1) is 0 Å². The first kappa shape index (κ1) is 20.9. The van der Waals surface area contributed by atoms with Crippen LogP contribution in [0.3, 0.4) is 0 Å². The maximum absolute atomic E-state index is 12.8. The van der Waals surface area contributed by atoms with Crippen molar-refractivity contribution < 1.29 is 14.3 Å². The van der Waals surface area contributed by atoms with E-state index in [0.29, 0.717) is 12.1 Å². The Labute approximate surface area is 173 Å². The number of hydrogen-bond acceptors (Lipinski definition) is 3. The van der Waals surface area contributed by atoms with Crippen LogP contribution in [0.15, 0.2) is 48.5 Å². The van der Waals surface area contributed by atoms with Gasteiger partial charge < -0.3 is 15.0 Å². The summed E-state index contributed by atoms with van der Waals surface area (Å²) < 4.78 is 5.19. The zero-order valence-corrected chi connectivity index (χ0v) is 17.7. The molecule has 2 aromatic rings. The maximum atomic E-state index is 12.8. The van der Waals surface area contributed by atoms with Crippen LogP contribution in [0.2, 0.25) is 0 Å². The monoisotopic (exact) mass is 394 g/mol. The fourth-order valence-corrected chi connectivity index (χ4v) is 3.22. The summed E-state index contributed by atoms with van der Waals surface area (Å²) in [5.74, 6) is 0.518. The molecule has 5 nitrogen and oxygen atoms in total. The quantitative estimate of drug-likeness (QED) is 0.774. The lowest BCUT2D eigenvalue weighted by Crippen LogP contribution is -2.41. The van der Waals surface area contributed by atoms with Crippen molar-refractivity contribution in [3.8, 4) is 5.75 Å². The van der Waals surface area contributed by atoms with E-state index in [9.17, 15) is 9.59 Å². The lowest BCUT2D eigenvalue weighted by Gasteiger charge is -2.23. The zero-order chi connectivity index (χ0) is 21.0. The van der Waals surface area contributed by atoms with Gasteiger partial charge in [0.05, 0.1) is 13.7 Å². The van der Waals surface area contributed by atoms with Crippen molar-refractivity contribution in [2.75, 3.05) is 13.7 Å². The number of methoxy groups -OCH3 is 1. The third-order valence-corrected chi connectivity index (χ3v) is 5.23. The van der Waals surface area contributed by atoms with E-state index in [0.717, 1.165) is 24.2 Å². The lowest BCUT2D eigenvalue weighted by molar-refractivity contribution is -0.131. The Morgan fingerprint density at radius 2 is 1.66 bits per heavy atom. The number of benzene rings is 2. The van der Waals surface area contributed by atoms with E-state index < -0.39 is 0 Å². The van der Waals surface area contributed by atoms with Gasteiger partial charge in [0.25, 0.3) is 5.91 Å². The summed E-state index contributed by atoms with van der Waals surface area (Å²) in [6.07, 6.45) is 2.04. The molecule has 0 aromatic heterocycles. The molecule has 5 heteroatoms. The van der Waals surface area contributed by atoms with Crippen LogP contribution in [0.4, 0.5) is 0 Å². The molecule has 1 aliphatic carbocycles. The predicted octanol–water partition coefficient (Wildman–Crippen LogP) is 3.91. The number of rotatable bonds is 7. The Bertz CT molecular complexity index is 847. The molecule has 1 saturated carbocycles. The van der Waals surface area contributed by atoms with Crippen molar-refractivity contribution in [3.63, 3.8) is 0 Å². The van der Waals surface area contributed by atoms with Gasteiger partial charge in [-0.1, -0.05) is 45.0 Å². The van der Waals surface area contributed by atoms with Gasteiger partial charge in [0.15, 0.2) is 0 Å². The topological polar surface area (TPSA) is 58.6 Å². The Kier molecular flexibility index (Phi) is 6.26. The maximum Gasteiger partial charge on any atom is 0.251 e. The second-order valence-corrected chi connectivity index (χ2v) is 8.61. The normalized spacial score (nSPS) is 13.7. The van der Waals surface area contributed by atoms with E-state index >= 15 is 0 Å². The average molecular weight is 395 g/mol. The number of ether oxygens (including phenoxy) is 1. The van der Waals surface area contributed by atoms with E-state index in [2.05, 4.69) is 26.1 Å². The van der Waals surface area contributed by atoms with Gasteiger partial charge in [-0.25, -0.2) is 0 Å². The molecule has 3 rings (SSSR count). The minimum atomic E-state index is -0.223. The Hall–Kier alpha value is -2.82. The van der Waals surface area contributed by atoms with Gasteiger partial charge >= 0.3 is 0 Å². The van der Waals surface area contributed by atoms with E-state index in [1.54, 1.807) is 7.11 Å². The van der Waals surface area contributed by atoms with E-state index in [1.165, 1.54) is 5.56 Å². The molecular weight excluding hydrogens is 364 g/mol. The van der Waals surface area contributed by atoms with Crippen LogP contribution in [0.25, 0.3) is 0 Å². The third kappa shape index (κ3) is 5.59. The van der Waals surface area contributed by atoms with Crippen molar-refractivity contribution in [1.29, 1.82) is 0 Å². The summed E-state index contributed by atoms with van der Waals surface area (Å²) in [7, 11) is 1.63. The van der Waals surface area contributed by atoms with Gasteiger partial charge in [-0.2, -0.15) is 0 Å². The molecule has 0 atom stereocenters. The summed E-state index contributed by atoms with van der Waals surface area (Å²) >= 11 is 0. The second-order valence-electron chi connectivity index (χ2n) is 8.61. The molecule has 0 saturated heterocycles. The number of amides is 2. The lowest BCUT2D eigenvalue weighted by atomic mass is 9.87. The molecule has 1 N–H and O–H groups in total. The Morgan fingerprint density at radius 1 is 1.03 bits per heavy atom. The number of nitrogens with one attached hydrogen (secondary N) is 1. The SMILES string of the molecule is COc1ccc(CN(C(=O)CNC(=O)c2ccc(C(C)(C)C)cc2)C2CC2)cc1. The van der Waals surface area contributed by atoms with Crippen molar-refractivity contribution in [3.05, 3.63) is 65.2 Å². The first-order valence-electron chi connectivity index (χ1n) is 10.1. The van der Waals surface area contributed by atoms with E-state index in [4.69, 9.17) is 4.74 Å². The van der Waals surface area contributed by atoms with Gasteiger partial charge in [-0.15, -0.1) is 0 Å². The van der Waals surface area contributed by atoms with Crippen molar-refractivity contribution in [2.45, 2.75) is 51.6 Å². The molecule has 0 bridgehead atoms. The summed E-state index contributed by atoms with van der Waals surface area (Å²) in [6, 6.07) is 15.6. The molecule has 2 amide bonds.